The Morgan fingerprint density at radius 1 is 0.929 bits per heavy atom. The van der Waals surface area contributed by atoms with Crippen LogP contribution in [0.15, 0.2) is 11.3 Å². The van der Waals surface area contributed by atoms with Crippen molar-refractivity contribution in [3.8, 4) is 12.3 Å². The van der Waals surface area contributed by atoms with Gasteiger partial charge in [-0.15, -0.1) is 11.5 Å². The maximum Gasteiger partial charge on any atom is 0.152 e. The van der Waals surface area contributed by atoms with Gasteiger partial charge < -0.3 is 20.9 Å². The van der Waals surface area contributed by atoms with E-state index < -0.39 is 19.7 Å². The van der Waals surface area contributed by atoms with Crippen LogP contribution in [-0.2, 0) is 42.2 Å². The number of terminal acetylenes is 1. The molecule has 2 saturated heterocycles. The third-order valence-corrected chi connectivity index (χ3v) is 8.77. The van der Waals surface area contributed by atoms with Crippen LogP contribution < -0.4 is 11.5 Å². The molecular formula is C24H50N10O6S2. The van der Waals surface area contributed by atoms with Gasteiger partial charge in [-0.25, -0.2) is 21.5 Å². The maximum atomic E-state index is 11.3. The molecular weight excluding hydrogens is 588 g/mol. The van der Waals surface area contributed by atoms with Gasteiger partial charge >= 0.3 is 0 Å². The molecule has 2 aliphatic heterocycles. The molecule has 0 radical (unpaired) electrons. The molecule has 0 aromatic carbocycles. The Kier molecular flexibility index (Phi) is 24.0. The van der Waals surface area contributed by atoms with Crippen LogP contribution in [0.4, 0.5) is 0 Å². The highest BCUT2D eigenvalue weighted by molar-refractivity contribution is 7.91. The Balaban J connectivity index is 0. The third-order valence-electron chi connectivity index (χ3n) is 5.55. The van der Waals surface area contributed by atoms with E-state index in [4.69, 9.17) is 32.9 Å². The average Bonchev–Trinajstić information content (AvgIpc) is 3.37. The van der Waals surface area contributed by atoms with Crippen molar-refractivity contribution in [1.29, 1.82) is 0 Å². The molecule has 0 amide bonds. The summed E-state index contributed by atoms with van der Waals surface area (Å²) in [6.45, 7) is 7.65. The highest BCUT2D eigenvalue weighted by Gasteiger charge is 2.22. The number of hydrogen-bond acceptors (Lipinski definition) is 13. The number of hydrogen-bond donors (Lipinski definition) is 2. The second-order valence-corrected chi connectivity index (χ2v) is 13.4. The molecule has 2 fully saturated rings. The van der Waals surface area contributed by atoms with Crippen LogP contribution in [0.5, 0.6) is 0 Å². The van der Waals surface area contributed by atoms with E-state index >= 15 is 0 Å². The first-order valence-corrected chi connectivity index (χ1v) is 16.5. The predicted molar refractivity (Wildman–Crippen MR) is 165 cm³/mol. The number of azide groups is 1. The van der Waals surface area contributed by atoms with E-state index in [1.165, 1.54) is 0 Å². The van der Waals surface area contributed by atoms with E-state index in [9.17, 15) is 16.8 Å². The van der Waals surface area contributed by atoms with E-state index in [0.29, 0.717) is 91.9 Å². The molecule has 1 aromatic heterocycles. The molecule has 0 spiro atoms. The van der Waals surface area contributed by atoms with E-state index in [0.717, 1.165) is 5.69 Å². The molecule has 4 N–H and O–H groups in total. The van der Waals surface area contributed by atoms with Crippen LogP contribution in [0.25, 0.3) is 10.4 Å². The largest absolute Gasteiger partial charge is 0.380 e. The molecule has 16 nitrogen and oxygen atoms in total. The van der Waals surface area contributed by atoms with Gasteiger partial charge in [-0.05, 0) is 5.53 Å². The molecule has 3 heterocycles. The summed E-state index contributed by atoms with van der Waals surface area (Å²) in [5.74, 6) is 3.47. The molecule has 0 atom stereocenters. The van der Waals surface area contributed by atoms with Gasteiger partial charge in [0.1, 0.15) is 0 Å². The lowest BCUT2D eigenvalue weighted by molar-refractivity contribution is 0.130. The summed E-state index contributed by atoms with van der Waals surface area (Å²) in [7, 11) is -5.57. The monoisotopic (exact) mass is 638 g/mol. The summed E-state index contributed by atoms with van der Waals surface area (Å²) in [6.07, 6.45) is 6.96. The fourth-order valence-electron chi connectivity index (χ4n) is 3.37. The topological polar surface area (TPSA) is 225 Å². The Hall–Kier alpha value is -2.33. The number of nitrogens with two attached hydrogens (primary N) is 2. The van der Waals surface area contributed by atoms with Crippen LogP contribution in [0, 0.1) is 12.3 Å². The van der Waals surface area contributed by atoms with Gasteiger partial charge in [0.2, 0.25) is 0 Å². The highest BCUT2D eigenvalue weighted by atomic mass is 32.2. The molecule has 18 heteroatoms. The van der Waals surface area contributed by atoms with E-state index in [-0.39, 0.29) is 37.9 Å². The van der Waals surface area contributed by atoms with Crippen molar-refractivity contribution in [2.75, 3.05) is 102 Å². The van der Waals surface area contributed by atoms with Gasteiger partial charge in [0.15, 0.2) is 19.7 Å². The predicted octanol–water partition coefficient (Wildman–Crippen LogP) is -0.622. The summed E-state index contributed by atoms with van der Waals surface area (Å²) in [5, 5.41) is 11.4. The van der Waals surface area contributed by atoms with Crippen molar-refractivity contribution in [2.45, 2.75) is 27.9 Å². The molecule has 2 aliphatic rings. The molecule has 0 bridgehead atoms. The first kappa shape index (κ1) is 41.8. The highest BCUT2D eigenvalue weighted by Crippen LogP contribution is 2.07. The lowest BCUT2D eigenvalue weighted by Crippen LogP contribution is -2.40. The smallest absolute Gasteiger partial charge is 0.152 e. The molecule has 0 saturated carbocycles. The average molecular weight is 639 g/mol. The number of aromatic nitrogens is 3. The summed E-state index contributed by atoms with van der Waals surface area (Å²) in [4.78, 5) is 6.60. The van der Waals surface area contributed by atoms with Gasteiger partial charge in [0.25, 0.3) is 0 Å². The number of ether oxygens (including phenoxy) is 2. The zero-order chi connectivity index (χ0) is 29.7. The van der Waals surface area contributed by atoms with Gasteiger partial charge in [0.05, 0.1) is 68.2 Å². The SMILES string of the molecule is C.C.C#CCN1CCS(=O)(=O)CC1.NCCOCCn1cc(CN2CCS(=O)(=O)CC2)nn1.[N-]=[N+]=NCCOCCN. The van der Waals surface area contributed by atoms with E-state index in [1.54, 1.807) is 4.68 Å². The Labute approximate surface area is 251 Å². The van der Waals surface area contributed by atoms with Crippen molar-refractivity contribution in [2.24, 2.45) is 16.6 Å². The lowest BCUT2D eigenvalue weighted by atomic mass is 10.4. The molecule has 1 aromatic rings. The minimum Gasteiger partial charge on any atom is -0.380 e. The van der Waals surface area contributed by atoms with E-state index in [1.807, 2.05) is 11.1 Å². The standard InChI is InChI=1S/C11H21N5O3S.C7H11NO2S.C4H10N4O.2CH4/c12-1-5-19-6-2-16-10-11(13-14-16)9-15-3-7-20(17,18)8-4-15;1-2-3-8-4-6-11(9,10)7-5-8;5-1-3-9-4-2-7-8-6;;/h10H,1-9,12H2;1H,3-7H2;1-5H2;2*1H4. The fraction of sp³-hybridized carbons (Fsp3) is 0.833. The molecule has 0 unspecified atom stereocenters. The summed E-state index contributed by atoms with van der Waals surface area (Å²) in [5.41, 5.74) is 19.1. The quantitative estimate of drug-likeness (QED) is 0.0906. The fourth-order valence-corrected chi connectivity index (χ4v) is 5.93. The van der Waals surface area contributed by atoms with Crippen LogP contribution in [0.3, 0.4) is 0 Å². The summed E-state index contributed by atoms with van der Waals surface area (Å²) < 4.78 is 56.4. The van der Waals surface area contributed by atoms with Crippen LogP contribution >= 0.6 is 0 Å². The minimum atomic E-state index is -2.83. The number of sulfone groups is 2. The number of nitrogens with zero attached hydrogens (tertiary/aromatic N) is 8. The second-order valence-electron chi connectivity index (χ2n) is 8.79. The maximum absolute atomic E-state index is 11.3. The van der Waals surface area contributed by atoms with Crippen LogP contribution in [0.1, 0.15) is 20.5 Å². The molecule has 42 heavy (non-hydrogen) atoms. The molecule has 244 valence electrons. The van der Waals surface area contributed by atoms with Gasteiger partial charge in [-0.1, -0.05) is 31.1 Å². The minimum absolute atomic E-state index is 0. The van der Waals surface area contributed by atoms with Crippen molar-refractivity contribution in [3.05, 3.63) is 22.3 Å². The molecule has 0 aliphatic carbocycles. The van der Waals surface area contributed by atoms with E-state index in [2.05, 4.69) is 31.2 Å². The van der Waals surface area contributed by atoms with Crippen molar-refractivity contribution in [3.63, 3.8) is 0 Å². The zero-order valence-corrected chi connectivity index (χ0v) is 24.5. The Morgan fingerprint density at radius 3 is 1.95 bits per heavy atom. The van der Waals surface area contributed by atoms with Crippen molar-refractivity contribution >= 4 is 19.7 Å². The van der Waals surface area contributed by atoms with Gasteiger partial charge in [-0.3, -0.25) is 9.80 Å². The first-order chi connectivity index (χ1) is 19.1. The van der Waals surface area contributed by atoms with Crippen molar-refractivity contribution < 1.29 is 26.3 Å². The first-order valence-electron chi connectivity index (χ1n) is 12.9. The summed E-state index contributed by atoms with van der Waals surface area (Å²) in [6, 6.07) is 0. The summed E-state index contributed by atoms with van der Waals surface area (Å²) >= 11 is 0. The normalized spacial score (nSPS) is 17.4. The van der Waals surface area contributed by atoms with Crippen LogP contribution in [-0.4, -0.2) is 143 Å². The van der Waals surface area contributed by atoms with Crippen molar-refractivity contribution in [1.82, 2.24) is 24.8 Å². The van der Waals surface area contributed by atoms with Crippen LogP contribution in [0.2, 0.25) is 0 Å². The third kappa shape index (κ3) is 20.5. The lowest BCUT2D eigenvalue weighted by Gasteiger charge is -2.25. The van der Waals surface area contributed by atoms with Gasteiger partial charge in [-0.2, -0.15) is 0 Å². The number of rotatable bonds is 13. The van der Waals surface area contributed by atoms with Gasteiger partial charge in [0, 0.05) is 63.5 Å². The second kappa shape index (κ2) is 24.1. The molecule has 3 rings (SSSR count). The Bertz CT molecular complexity index is 1110. The Morgan fingerprint density at radius 2 is 1.45 bits per heavy atom. The zero-order valence-electron chi connectivity index (χ0n) is 22.9.